The highest BCUT2D eigenvalue weighted by Gasteiger charge is 2.24. The van der Waals surface area contributed by atoms with Crippen LogP contribution in [-0.4, -0.2) is 13.0 Å². The Balaban J connectivity index is 1.52. The molecule has 1 aliphatic carbocycles. The smallest absolute Gasteiger partial charge is 0.224 e. The zero-order valence-electron chi connectivity index (χ0n) is 14.8. The van der Waals surface area contributed by atoms with E-state index in [0.29, 0.717) is 18.3 Å². The van der Waals surface area contributed by atoms with Crippen LogP contribution < -0.4 is 10.1 Å². The Labute approximate surface area is 152 Å². The summed E-state index contributed by atoms with van der Waals surface area (Å²) < 4.78 is 32.1. The number of hydrogen-bond acceptors (Lipinski definition) is 2. The van der Waals surface area contributed by atoms with E-state index < -0.39 is 17.4 Å². The first-order valence-corrected chi connectivity index (χ1v) is 8.94. The van der Waals surface area contributed by atoms with Crippen molar-refractivity contribution in [3.8, 4) is 5.75 Å². The number of benzene rings is 2. The zero-order valence-corrected chi connectivity index (χ0v) is 14.8. The highest BCUT2D eigenvalue weighted by Crippen LogP contribution is 2.37. The Morgan fingerprint density at radius 3 is 2.27 bits per heavy atom. The van der Waals surface area contributed by atoms with Crippen LogP contribution in [0.3, 0.4) is 0 Å². The molecule has 0 unspecified atom stereocenters. The van der Waals surface area contributed by atoms with Gasteiger partial charge >= 0.3 is 0 Å². The number of anilines is 1. The minimum atomic E-state index is -0.828. The van der Waals surface area contributed by atoms with Gasteiger partial charge in [0.2, 0.25) is 5.91 Å². The Morgan fingerprint density at radius 2 is 1.69 bits per heavy atom. The van der Waals surface area contributed by atoms with Gasteiger partial charge in [-0.2, -0.15) is 0 Å². The van der Waals surface area contributed by atoms with Gasteiger partial charge in [-0.25, -0.2) is 8.78 Å². The van der Waals surface area contributed by atoms with Crippen molar-refractivity contribution in [1.82, 2.24) is 0 Å². The van der Waals surface area contributed by atoms with Crippen molar-refractivity contribution >= 4 is 11.6 Å². The second-order valence-electron chi connectivity index (χ2n) is 6.85. The normalized spacial score (nSPS) is 19.8. The summed E-state index contributed by atoms with van der Waals surface area (Å²) in [6.07, 6.45) is 4.47. The van der Waals surface area contributed by atoms with Gasteiger partial charge in [-0.05, 0) is 43.1 Å². The first kappa shape index (κ1) is 18.4. The summed E-state index contributed by atoms with van der Waals surface area (Å²) in [5.74, 6) is -1.44. The van der Waals surface area contributed by atoms with E-state index >= 15 is 0 Å². The molecule has 3 rings (SSSR count). The molecule has 0 atom stereocenters. The van der Waals surface area contributed by atoms with E-state index in [4.69, 9.17) is 0 Å². The second-order valence-corrected chi connectivity index (χ2v) is 6.85. The van der Waals surface area contributed by atoms with Crippen LogP contribution in [0.15, 0.2) is 42.5 Å². The number of methoxy groups -OCH3 is 1. The van der Waals surface area contributed by atoms with E-state index in [1.165, 1.54) is 12.7 Å². The van der Waals surface area contributed by atoms with Crippen LogP contribution in [0.1, 0.15) is 43.6 Å². The lowest BCUT2D eigenvalue weighted by Crippen LogP contribution is -2.20. The Kier molecular flexibility index (Phi) is 5.86. The molecule has 0 spiro atoms. The van der Waals surface area contributed by atoms with E-state index in [0.717, 1.165) is 37.8 Å². The van der Waals surface area contributed by atoms with Gasteiger partial charge in [0.15, 0.2) is 17.4 Å². The molecule has 0 heterocycles. The minimum absolute atomic E-state index is 0.115. The predicted molar refractivity (Wildman–Crippen MR) is 97.3 cm³/mol. The lowest BCUT2D eigenvalue weighted by Gasteiger charge is -2.28. The molecule has 2 aromatic carbocycles. The minimum Gasteiger partial charge on any atom is -0.491 e. The lowest BCUT2D eigenvalue weighted by atomic mass is 9.77. The Morgan fingerprint density at radius 1 is 1.08 bits per heavy atom. The van der Waals surface area contributed by atoms with Gasteiger partial charge in [-0.3, -0.25) is 4.79 Å². The number of hydrogen-bond donors (Lipinski definition) is 1. The molecule has 1 N–H and O–H groups in total. The van der Waals surface area contributed by atoms with Gasteiger partial charge in [-0.1, -0.05) is 30.3 Å². The molecule has 1 saturated carbocycles. The van der Waals surface area contributed by atoms with Gasteiger partial charge in [0.05, 0.1) is 7.11 Å². The predicted octanol–water partition coefficient (Wildman–Crippen LogP) is 5.28. The molecule has 0 aliphatic heterocycles. The molecule has 1 amide bonds. The molecule has 5 heteroatoms. The molecule has 0 radical (unpaired) electrons. The number of carbonyl (C=O) groups is 1. The Bertz CT molecular complexity index is 733. The largest absolute Gasteiger partial charge is 0.491 e. The van der Waals surface area contributed by atoms with Gasteiger partial charge in [0, 0.05) is 24.2 Å². The first-order chi connectivity index (χ1) is 12.6. The summed E-state index contributed by atoms with van der Waals surface area (Å²) in [6.45, 7) is 0. The quantitative estimate of drug-likeness (QED) is 0.789. The average Bonchev–Trinajstić information content (AvgIpc) is 2.63. The van der Waals surface area contributed by atoms with Crippen LogP contribution in [0, 0.1) is 17.6 Å². The topological polar surface area (TPSA) is 38.3 Å². The van der Waals surface area contributed by atoms with Crippen LogP contribution in [0.5, 0.6) is 5.75 Å². The van der Waals surface area contributed by atoms with Crippen LogP contribution in [0.4, 0.5) is 14.5 Å². The molecule has 1 fully saturated rings. The number of halogens is 2. The highest BCUT2D eigenvalue weighted by molar-refractivity contribution is 5.90. The first-order valence-electron chi connectivity index (χ1n) is 8.94. The fourth-order valence-electron chi connectivity index (χ4n) is 3.73. The molecule has 1 aliphatic rings. The SMILES string of the molecule is COc1c(F)cc(NC(=O)CC2CCC(c3ccccc3)CC2)cc1F. The van der Waals surface area contributed by atoms with Crippen molar-refractivity contribution in [3.63, 3.8) is 0 Å². The van der Waals surface area contributed by atoms with E-state index in [1.54, 1.807) is 0 Å². The van der Waals surface area contributed by atoms with Crippen molar-refractivity contribution in [1.29, 1.82) is 0 Å². The van der Waals surface area contributed by atoms with Crippen molar-refractivity contribution in [2.75, 3.05) is 12.4 Å². The third-order valence-corrected chi connectivity index (χ3v) is 5.08. The molecule has 2 aromatic rings. The zero-order chi connectivity index (χ0) is 18.5. The summed E-state index contributed by atoms with van der Waals surface area (Å²) in [4.78, 5) is 12.2. The maximum absolute atomic E-state index is 13.7. The van der Waals surface area contributed by atoms with Crippen LogP contribution in [0.25, 0.3) is 0 Å². The summed E-state index contributed by atoms with van der Waals surface area (Å²) in [5.41, 5.74) is 1.48. The van der Waals surface area contributed by atoms with E-state index in [-0.39, 0.29) is 11.6 Å². The molecular weight excluding hydrogens is 336 g/mol. The van der Waals surface area contributed by atoms with Gasteiger partial charge in [0.1, 0.15) is 0 Å². The van der Waals surface area contributed by atoms with E-state index in [9.17, 15) is 13.6 Å². The summed E-state index contributed by atoms with van der Waals surface area (Å²) >= 11 is 0. The highest BCUT2D eigenvalue weighted by atomic mass is 19.1. The number of amides is 1. The summed E-state index contributed by atoms with van der Waals surface area (Å²) in [7, 11) is 1.20. The standard InChI is InChI=1S/C21H23F2NO2/c1-26-21-18(22)12-17(13-19(21)23)24-20(25)11-14-7-9-16(10-8-14)15-5-3-2-4-6-15/h2-6,12-14,16H,7-11H2,1H3,(H,24,25). The van der Waals surface area contributed by atoms with E-state index in [2.05, 4.69) is 34.3 Å². The van der Waals surface area contributed by atoms with Crippen molar-refractivity contribution in [2.24, 2.45) is 5.92 Å². The molecule has 0 aromatic heterocycles. The maximum Gasteiger partial charge on any atom is 0.224 e. The summed E-state index contributed by atoms with van der Waals surface area (Å²) in [6, 6.07) is 12.6. The number of rotatable bonds is 5. The van der Waals surface area contributed by atoms with Crippen molar-refractivity contribution in [3.05, 3.63) is 59.7 Å². The fourth-order valence-corrected chi connectivity index (χ4v) is 3.73. The summed E-state index contributed by atoms with van der Waals surface area (Å²) in [5, 5.41) is 2.59. The van der Waals surface area contributed by atoms with Gasteiger partial charge in [-0.15, -0.1) is 0 Å². The molecule has 0 saturated heterocycles. The fraction of sp³-hybridized carbons (Fsp3) is 0.381. The number of carbonyl (C=O) groups excluding carboxylic acids is 1. The number of ether oxygens (including phenoxy) is 1. The Hall–Kier alpha value is -2.43. The molecule has 138 valence electrons. The molecule has 3 nitrogen and oxygen atoms in total. The van der Waals surface area contributed by atoms with Crippen LogP contribution in [-0.2, 0) is 4.79 Å². The van der Waals surface area contributed by atoms with Crippen molar-refractivity contribution in [2.45, 2.75) is 38.0 Å². The van der Waals surface area contributed by atoms with Crippen LogP contribution in [0.2, 0.25) is 0 Å². The average molecular weight is 359 g/mol. The maximum atomic E-state index is 13.7. The molecule has 26 heavy (non-hydrogen) atoms. The van der Waals surface area contributed by atoms with Gasteiger partial charge in [0.25, 0.3) is 0 Å². The third kappa shape index (κ3) is 4.40. The lowest BCUT2D eigenvalue weighted by molar-refractivity contribution is -0.117. The third-order valence-electron chi connectivity index (χ3n) is 5.08. The van der Waals surface area contributed by atoms with Gasteiger partial charge < -0.3 is 10.1 Å². The van der Waals surface area contributed by atoms with Crippen LogP contribution >= 0.6 is 0 Å². The molecular formula is C21H23F2NO2. The monoisotopic (exact) mass is 359 g/mol. The van der Waals surface area contributed by atoms with E-state index in [1.807, 2.05) is 6.07 Å². The number of nitrogens with one attached hydrogen (secondary N) is 1. The molecule has 0 bridgehead atoms. The van der Waals surface area contributed by atoms with Crippen molar-refractivity contribution < 1.29 is 18.3 Å². The second kappa shape index (κ2) is 8.30.